The summed E-state index contributed by atoms with van der Waals surface area (Å²) in [4.78, 5) is 7.10. The Labute approximate surface area is 180 Å². The zero-order chi connectivity index (χ0) is 17.6. The molecule has 8 heteroatoms. The van der Waals surface area contributed by atoms with Gasteiger partial charge in [0.15, 0.2) is 5.96 Å². The number of aromatic nitrogens is 2. The van der Waals surface area contributed by atoms with Gasteiger partial charge < -0.3 is 15.5 Å². The van der Waals surface area contributed by atoms with Gasteiger partial charge in [-0.15, -0.1) is 24.0 Å². The van der Waals surface area contributed by atoms with Crippen molar-refractivity contribution in [3.8, 4) is 0 Å². The number of nitrogens with one attached hydrogen (secondary N) is 2. The second-order valence-corrected chi connectivity index (χ2v) is 7.19. The highest BCUT2D eigenvalue weighted by atomic mass is 127. The van der Waals surface area contributed by atoms with Crippen LogP contribution in [0.1, 0.15) is 18.9 Å². The Kier molecular flexibility index (Phi) is 8.20. The molecular formula is C18H26BrIN6. The van der Waals surface area contributed by atoms with Crippen LogP contribution in [0.25, 0.3) is 0 Å². The van der Waals surface area contributed by atoms with Gasteiger partial charge in [-0.3, -0.25) is 4.68 Å². The third-order valence-corrected chi connectivity index (χ3v) is 4.77. The van der Waals surface area contributed by atoms with Crippen molar-refractivity contribution in [1.82, 2.24) is 20.4 Å². The topological polar surface area (TPSA) is 57.5 Å². The van der Waals surface area contributed by atoms with Crippen molar-refractivity contribution in [2.24, 2.45) is 12.0 Å². The van der Waals surface area contributed by atoms with Crippen LogP contribution in [0.2, 0.25) is 0 Å². The number of guanidine groups is 1. The van der Waals surface area contributed by atoms with Crippen LogP contribution < -0.4 is 15.5 Å². The second kappa shape index (κ2) is 10.1. The van der Waals surface area contributed by atoms with E-state index in [0.29, 0.717) is 12.6 Å². The lowest BCUT2D eigenvalue weighted by molar-refractivity contribution is 0.649. The maximum absolute atomic E-state index is 4.69. The van der Waals surface area contributed by atoms with E-state index in [0.717, 1.165) is 42.1 Å². The molecule has 2 heterocycles. The van der Waals surface area contributed by atoms with Crippen LogP contribution in [-0.4, -0.2) is 41.4 Å². The summed E-state index contributed by atoms with van der Waals surface area (Å²) in [5.74, 6) is 0.869. The minimum atomic E-state index is 0. The molecule has 0 aliphatic carbocycles. The van der Waals surface area contributed by atoms with Crippen LogP contribution in [-0.2, 0) is 13.6 Å². The Bertz CT molecular complexity index is 715. The molecule has 0 spiro atoms. The monoisotopic (exact) mass is 532 g/mol. The Morgan fingerprint density at radius 3 is 2.77 bits per heavy atom. The van der Waals surface area contributed by atoms with Gasteiger partial charge in [-0.05, 0) is 37.6 Å². The van der Waals surface area contributed by atoms with Gasteiger partial charge in [0, 0.05) is 54.6 Å². The van der Waals surface area contributed by atoms with Gasteiger partial charge in [0.2, 0.25) is 0 Å². The molecule has 1 atom stereocenters. The lowest BCUT2D eigenvalue weighted by atomic mass is 10.2. The van der Waals surface area contributed by atoms with Crippen molar-refractivity contribution < 1.29 is 0 Å². The van der Waals surface area contributed by atoms with Gasteiger partial charge in [-0.25, -0.2) is 4.99 Å². The van der Waals surface area contributed by atoms with Crippen LogP contribution in [0.4, 0.5) is 5.69 Å². The van der Waals surface area contributed by atoms with Crippen LogP contribution >= 0.6 is 39.9 Å². The van der Waals surface area contributed by atoms with Crippen LogP contribution in [0.15, 0.2) is 46.1 Å². The molecular weight excluding hydrogens is 507 g/mol. The molecule has 142 valence electrons. The number of rotatable bonds is 5. The van der Waals surface area contributed by atoms with Gasteiger partial charge >= 0.3 is 0 Å². The summed E-state index contributed by atoms with van der Waals surface area (Å²) >= 11 is 3.49. The maximum atomic E-state index is 4.69. The molecule has 1 aliphatic heterocycles. The van der Waals surface area contributed by atoms with Gasteiger partial charge in [0.05, 0.1) is 12.7 Å². The highest BCUT2D eigenvalue weighted by Crippen LogP contribution is 2.22. The Morgan fingerprint density at radius 1 is 1.35 bits per heavy atom. The SMILES string of the molecule is CCNC(=NCc1cnn(C)c1)NC1CCN(c2ccc(Br)cc2)C1.I. The molecule has 1 aliphatic rings. The lowest BCUT2D eigenvalue weighted by Gasteiger charge is -2.20. The number of nitrogens with zero attached hydrogens (tertiary/aromatic N) is 4. The summed E-state index contributed by atoms with van der Waals surface area (Å²) in [5.41, 5.74) is 2.38. The number of benzene rings is 1. The van der Waals surface area contributed by atoms with Crippen LogP contribution in [0, 0.1) is 0 Å². The van der Waals surface area contributed by atoms with Crippen LogP contribution in [0.5, 0.6) is 0 Å². The van der Waals surface area contributed by atoms with Gasteiger partial charge in [0.1, 0.15) is 0 Å². The zero-order valence-electron chi connectivity index (χ0n) is 15.2. The summed E-state index contributed by atoms with van der Waals surface area (Å²) in [5, 5.41) is 11.1. The summed E-state index contributed by atoms with van der Waals surface area (Å²) in [6.07, 6.45) is 4.96. The summed E-state index contributed by atoms with van der Waals surface area (Å²) in [6.45, 7) is 5.61. The lowest BCUT2D eigenvalue weighted by Crippen LogP contribution is -2.44. The largest absolute Gasteiger partial charge is 0.369 e. The predicted octanol–water partition coefficient (Wildman–Crippen LogP) is 3.13. The molecule has 2 N–H and O–H groups in total. The molecule has 1 aromatic heterocycles. The molecule has 0 radical (unpaired) electrons. The van der Waals surface area contributed by atoms with Crippen molar-refractivity contribution >= 4 is 51.6 Å². The first-order chi connectivity index (χ1) is 12.1. The van der Waals surface area contributed by atoms with E-state index in [2.05, 4.69) is 72.7 Å². The molecule has 1 aromatic carbocycles. The van der Waals surface area contributed by atoms with E-state index in [4.69, 9.17) is 0 Å². The minimum Gasteiger partial charge on any atom is -0.369 e. The van der Waals surface area contributed by atoms with E-state index in [9.17, 15) is 0 Å². The van der Waals surface area contributed by atoms with E-state index in [1.54, 1.807) is 4.68 Å². The first-order valence-electron chi connectivity index (χ1n) is 8.67. The quantitative estimate of drug-likeness (QED) is 0.353. The number of aryl methyl sites for hydroxylation is 1. The highest BCUT2D eigenvalue weighted by molar-refractivity contribution is 14.0. The van der Waals surface area contributed by atoms with Crippen molar-refractivity contribution in [2.75, 3.05) is 24.5 Å². The van der Waals surface area contributed by atoms with E-state index < -0.39 is 0 Å². The molecule has 6 nitrogen and oxygen atoms in total. The summed E-state index contributed by atoms with van der Waals surface area (Å²) in [6, 6.07) is 8.91. The summed E-state index contributed by atoms with van der Waals surface area (Å²) in [7, 11) is 1.92. The van der Waals surface area contributed by atoms with Crippen molar-refractivity contribution in [1.29, 1.82) is 0 Å². The molecule has 3 rings (SSSR count). The molecule has 0 saturated carbocycles. The smallest absolute Gasteiger partial charge is 0.191 e. The third-order valence-electron chi connectivity index (χ3n) is 4.24. The van der Waals surface area contributed by atoms with Gasteiger partial charge in [0.25, 0.3) is 0 Å². The molecule has 0 bridgehead atoms. The normalized spacial score (nSPS) is 17.1. The fraction of sp³-hybridized carbons (Fsp3) is 0.444. The number of anilines is 1. The average molecular weight is 533 g/mol. The first kappa shape index (κ1) is 21.0. The first-order valence-corrected chi connectivity index (χ1v) is 9.46. The fourth-order valence-corrected chi connectivity index (χ4v) is 3.27. The zero-order valence-corrected chi connectivity index (χ0v) is 19.1. The Hall–Kier alpha value is -1.29. The third kappa shape index (κ3) is 5.87. The van der Waals surface area contributed by atoms with Crippen molar-refractivity contribution in [2.45, 2.75) is 25.9 Å². The second-order valence-electron chi connectivity index (χ2n) is 6.27. The van der Waals surface area contributed by atoms with Gasteiger partial charge in [-0.1, -0.05) is 15.9 Å². The fourth-order valence-electron chi connectivity index (χ4n) is 3.00. The Morgan fingerprint density at radius 2 is 2.12 bits per heavy atom. The number of aliphatic imine (C=N–C) groups is 1. The van der Waals surface area contributed by atoms with Crippen molar-refractivity contribution in [3.63, 3.8) is 0 Å². The molecule has 1 unspecified atom stereocenters. The predicted molar refractivity (Wildman–Crippen MR) is 121 cm³/mol. The molecule has 2 aromatic rings. The van der Waals surface area contributed by atoms with E-state index in [1.807, 2.05) is 19.4 Å². The van der Waals surface area contributed by atoms with E-state index in [-0.39, 0.29) is 24.0 Å². The van der Waals surface area contributed by atoms with Crippen LogP contribution in [0.3, 0.4) is 0 Å². The number of hydrogen-bond acceptors (Lipinski definition) is 3. The summed E-state index contributed by atoms with van der Waals surface area (Å²) < 4.78 is 2.92. The van der Waals surface area contributed by atoms with Gasteiger partial charge in [-0.2, -0.15) is 5.10 Å². The Balaban J connectivity index is 0.00000243. The number of hydrogen-bond donors (Lipinski definition) is 2. The molecule has 1 saturated heterocycles. The highest BCUT2D eigenvalue weighted by Gasteiger charge is 2.23. The molecule has 26 heavy (non-hydrogen) atoms. The molecule has 1 fully saturated rings. The van der Waals surface area contributed by atoms with Crippen molar-refractivity contribution in [3.05, 3.63) is 46.7 Å². The van der Waals surface area contributed by atoms with E-state index >= 15 is 0 Å². The minimum absolute atomic E-state index is 0. The standard InChI is InChI=1S/C18H25BrN6.HI/c1-3-20-18(21-10-14-11-22-24(2)12-14)23-16-8-9-25(13-16)17-6-4-15(19)5-7-17;/h4-7,11-12,16H,3,8-10,13H2,1-2H3,(H2,20,21,23);1H. The average Bonchev–Trinajstić information content (AvgIpc) is 3.23. The van der Waals surface area contributed by atoms with E-state index in [1.165, 1.54) is 5.69 Å². The molecule has 0 amide bonds. The maximum Gasteiger partial charge on any atom is 0.191 e. The number of halogens is 2.